The van der Waals surface area contributed by atoms with E-state index >= 15 is 0 Å². The second kappa shape index (κ2) is 5.14. The van der Waals surface area contributed by atoms with Crippen molar-refractivity contribution >= 4 is 44.8 Å². The predicted molar refractivity (Wildman–Crippen MR) is 64.3 cm³/mol. The van der Waals surface area contributed by atoms with E-state index in [1.165, 1.54) is 11.3 Å². The van der Waals surface area contributed by atoms with Gasteiger partial charge in [-0.2, -0.15) is 0 Å². The van der Waals surface area contributed by atoms with Crippen LogP contribution in [-0.4, -0.2) is 29.8 Å². The molecule has 0 aromatic carbocycles. The number of hydrogen-bond acceptors (Lipinski definition) is 2. The lowest BCUT2D eigenvalue weighted by Crippen LogP contribution is -2.35. The summed E-state index contributed by atoms with van der Waals surface area (Å²) in [5, 5.41) is 0. The summed E-state index contributed by atoms with van der Waals surface area (Å²) in [6.07, 6.45) is 0. The molecule has 1 aromatic rings. The molecule has 5 heteroatoms. The molecule has 1 amide bonds. The second-order valence-electron chi connectivity index (χ2n) is 3.02. The first-order valence-corrected chi connectivity index (χ1v) is 6.29. The molecular formula is C9H11BrClNOS. The molecule has 0 radical (unpaired) electrons. The first-order valence-electron chi connectivity index (χ1n) is 4.14. The third kappa shape index (κ3) is 2.72. The van der Waals surface area contributed by atoms with Crippen molar-refractivity contribution in [1.29, 1.82) is 0 Å². The number of thiophene rings is 1. The summed E-state index contributed by atoms with van der Waals surface area (Å²) in [5.41, 5.74) is 0. The molecule has 0 aliphatic rings. The van der Waals surface area contributed by atoms with Gasteiger partial charge in [0.05, 0.1) is 8.66 Å². The molecule has 1 unspecified atom stereocenters. The number of carbonyl (C=O) groups is 1. The van der Waals surface area contributed by atoms with Gasteiger partial charge in [0, 0.05) is 19.0 Å². The summed E-state index contributed by atoms with van der Waals surface area (Å²) < 4.78 is 0.966. The fraction of sp³-hybridized carbons (Fsp3) is 0.444. The number of carbonyl (C=O) groups excluding carboxylic acids is 1. The van der Waals surface area contributed by atoms with Crippen LogP contribution in [-0.2, 0) is 0 Å². The Balaban J connectivity index is 2.75. The molecular weight excluding hydrogens is 286 g/mol. The zero-order valence-corrected chi connectivity index (χ0v) is 11.1. The van der Waals surface area contributed by atoms with E-state index in [-0.39, 0.29) is 11.9 Å². The lowest BCUT2D eigenvalue weighted by molar-refractivity contribution is 0.0761. The molecule has 0 N–H and O–H groups in total. The minimum Gasteiger partial charge on any atom is -0.337 e. The summed E-state index contributed by atoms with van der Waals surface area (Å²) in [4.78, 5) is 14.2. The maximum Gasteiger partial charge on any atom is 0.263 e. The largest absolute Gasteiger partial charge is 0.337 e. The number of rotatable bonds is 3. The van der Waals surface area contributed by atoms with E-state index < -0.39 is 0 Å². The zero-order valence-electron chi connectivity index (χ0n) is 7.96. The number of nitrogens with zero attached hydrogens (tertiary/aromatic N) is 1. The fourth-order valence-corrected chi connectivity index (χ4v) is 2.48. The number of alkyl halides is 1. The van der Waals surface area contributed by atoms with Crippen molar-refractivity contribution in [2.75, 3.05) is 12.9 Å². The molecule has 0 aliphatic heterocycles. The van der Waals surface area contributed by atoms with Gasteiger partial charge >= 0.3 is 0 Å². The van der Waals surface area contributed by atoms with E-state index in [4.69, 9.17) is 11.6 Å². The van der Waals surface area contributed by atoms with Crippen LogP contribution in [0.25, 0.3) is 0 Å². The van der Waals surface area contributed by atoms with Gasteiger partial charge in [0.1, 0.15) is 0 Å². The molecule has 1 atom stereocenters. The van der Waals surface area contributed by atoms with Crippen molar-refractivity contribution in [3.63, 3.8) is 0 Å². The monoisotopic (exact) mass is 295 g/mol. The molecule has 2 nitrogen and oxygen atoms in total. The molecule has 0 fully saturated rings. The number of hydrogen-bond donors (Lipinski definition) is 0. The van der Waals surface area contributed by atoms with Crippen molar-refractivity contribution in [3.8, 4) is 0 Å². The topological polar surface area (TPSA) is 20.3 Å². The predicted octanol–water partition coefficient (Wildman–Crippen LogP) is 3.21. The molecule has 0 saturated carbocycles. The average Bonchev–Trinajstić information content (AvgIpc) is 2.61. The maximum atomic E-state index is 11.8. The maximum absolute atomic E-state index is 11.8. The summed E-state index contributed by atoms with van der Waals surface area (Å²) in [6, 6.07) is 3.75. The molecule has 1 rings (SSSR count). The van der Waals surface area contributed by atoms with Crippen molar-refractivity contribution < 1.29 is 4.79 Å². The third-order valence-electron chi connectivity index (χ3n) is 1.99. The van der Waals surface area contributed by atoms with Gasteiger partial charge in [-0.15, -0.1) is 22.9 Å². The van der Waals surface area contributed by atoms with Crippen molar-refractivity contribution in [2.24, 2.45) is 0 Å². The summed E-state index contributed by atoms with van der Waals surface area (Å²) >= 11 is 10.4. The highest BCUT2D eigenvalue weighted by atomic mass is 79.9. The van der Waals surface area contributed by atoms with Crippen LogP contribution in [0, 0.1) is 0 Å². The molecule has 1 heterocycles. The Kier molecular flexibility index (Phi) is 4.41. The van der Waals surface area contributed by atoms with E-state index in [2.05, 4.69) is 15.9 Å². The Bertz CT molecular complexity index is 328. The van der Waals surface area contributed by atoms with Crippen LogP contribution in [0.3, 0.4) is 0 Å². The second-order valence-corrected chi connectivity index (χ2v) is 5.79. The fourth-order valence-electron chi connectivity index (χ4n) is 0.907. The number of halogens is 2. The molecule has 0 saturated heterocycles. The van der Waals surface area contributed by atoms with E-state index in [1.54, 1.807) is 11.9 Å². The van der Waals surface area contributed by atoms with Crippen LogP contribution in [0.1, 0.15) is 16.6 Å². The van der Waals surface area contributed by atoms with Gasteiger partial charge in [-0.25, -0.2) is 0 Å². The van der Waals surface area contributed by atoms with Gasteiger partial charge in [0.25, 0.3) is 5.91 Å². The van der Waals surface area contributed by atoms with E-state index in [0.29, 0.717) is 5.88 Å². The SMILES string of the molecule is CC(CCl)N(C)C(=O)c1ccc(Br)s1. The lowest BCUT2D eigenvalue weighted by Gasteiger charge is -2.22. The first kappa shape index (κ1) is 12.0. The quantitative estimate of drug-likeness (QED) is 0.784. The van der Waals surface area contributed by atoms with Crippen LogP contribution in [0.5, 0.6) is 0 Å². The minimum absolute atomic E-state index is 0.0221. The normalized spacial score (nSPS) is 12.6. The molecule has 0 spiro atoms. The summed E-state index contributed by atoms with van der Waals surface area (Å²) in [5.74, 6) is 0.475. The molecule has 14 heavy (non-hydrogen) atoms. The van der Waals surface area contributed by atoms with Crippen molar-refractivity contribution in [2.45, 2.75) is 13.0 Å². The van der Waals surface area contributed by atoms with E-state index in [1.807, 2.05) is 19.1 Å². The van der Waals surface area contributed by atoms with Crippen LogP contribution in [0.4, 0.5) is 0 Å². The summed E-state index contributed by atoms with van der Waals surface area (Å²) in [6.45, 7) is 1.92. The van der Waals surface area contributed by atoms with Crippen LogP contribution >= 0.6 is 38.9 Å². The smallest absolute Gasteiger partial charge is 0.263 e. The molecule has 1 aromatic heterocycles. The van der Waals surface area contributed by atoms with Crippen LogP contribution < -0.4 is 0 Å². The van der Waals surface area contributed by atoms with Gasteiger partial charge in [-0.3, -0.25) is 4.79 Å². The van der Waals surface area contributed by atoms with Gasteiger partial charge in [0.2, 0.25) is 0 Å². The Morgan fingerprint density at radius 1 is 1.71 bits per heavy atom. The van der Waals surface area contributed by atoms with Gasteiger partial charge < -0.3 is 4.90 Å². The third-order valence-corrected chi connectivity index (χ3v) is 4.05. The van der Waals surface area contributed by atoms with Crippen LogP contribution in [0.2, 0.25) is 0 Å². The lowest BCUT2D eigenvalue weighted by atomic mass is 10.3. The Morgan fingerprint density at radius 3 is 2.79 bits per heavy atom. The van der Waals surface area contributed by atoms with E-state index in [9.17, 15) is 4.79 Å². The van der Waals surface area contributed by atoms with Gasteiger partial charge in [-0.05, 0) is 35.0 Å². The van der Waals surface area contributed by atoms with Gasteiger partial charge in [-0.1, -0.05) is 0 Å². The minimum atomic E-state index is 0.0221. The van der Waals surface area contributed by atoms with Gasteiger partial charge in [0.15, 0.2) is 0 Å². The Morgan fingerprint density at radius 2 is 2.36 bits per heavy atom. The Labute approximate surface area is 101 Å². The highest BCUT2D eigenvalue weighted by Gasteiger charge is 2.17. The highest BCUT2D eigenvalue weighted by Crippen LogP contribution is 2.23. The zero-order chi connectivity index (χ0) is 10.7. The average molecular weight is 297 g/mol. The first-order chi connectivity index (χ1) is 6.56. The van der Waals surface area contributed by atoms with Crippen molar-refractivity contribution in [1.82, 2.24) is 4.90 Å². The molecule has 78 valence electrons. The number of amides is 1. The van der Waals surface area contributed by atoms with E-state index in [0.717, 1.165) is 8.66 Å². The summed E-state index contributed by atoms with van der Waals surface area (Å²) in [7, 11) is 1.77. The Hall–Kier alpha value is -0.0600. The molecule has 0 bridgehead atoms. The van der Waals surface area contributed by atoms with Crippen LogP contribution in [0.15, 0.2) is 15.9 Å². The standard InChI is InChI=1S/C9H11BrClNOS/c1-6(5-11)12(2)9(13)7-3-4-8(10)14-7/h3-4,6H,5H2,1-2H3. The molecule has 0 aliphatic carbocycles. The van der Waals surface area contributed by atoms with Crippen molar-refractivity contribution in [3.05, 3.63) is 20.8 Å². The highest BCUT2D eigenvalue weighted by molar-refractivity contribution is 9.11.